The largest absolute Gasteiger partial charge is 0.398 e. The van der Waals surface area contributed by atoms with E-state index in [0.29, 0.717) is 27.0 Å². The summed E-state index contributed by atoms with van der Waals surface area (Å²) in [7, 11) is 0. The highest BCUT2D eigenvalue weighted by atomic mass is 79.9. The van der Waals surface area contributed by atoms with Gasteiger partial charge < -0.3 is 11.1 Å². The Labute approximate surface area is 118 Å². The maximum Gasteiger partial charge on any atom is 0.256 e. The third-order valence-corrected chi connectivity index (χ3v) is 3.49. The van der Waals surface area contributed by atoms with Crippen LogP contribution in [0.3, 0.4) is 0 Å². The molecule has 2 aromatic carbocycles. The van der Waals surface area contributed by atoms with E-state index in [-0.39, 0.29) is 5.91 Å². The molecule has 0 atom stereocenters. The van der Waals surface area contributed by atoms with E-state index in [0.717, 1.165) is 0 Å². The highest BCUT2D eigenvalue weighted by Crippen LogP contribution is 2.24. The Balaban J connectivity index is 2.31. The van der Waals surface area contributed by atoms with E-state index in [2.05, 4.69) is 21.2 Å². The van der Waals surface area contributed by atoms with Gasteiger partial charge in [-0.2, -0.15) is 0 Å². The number of nitrogens with two attached hydrogens (primary N) is 1. The minimum atomic E-state index is -0.414. The van der Waals surface area contributed by atoms with E-state index < -0.39 is 5.82 Å². The molecule has 0 aliphatic heterocycles. The lowest BCUT2D eigenvalue weighted by Crippen LogP contribution is -2.14. The molecule has 0 aliphatic rings. The number of nitrogens with one attached hydrogen (secondary N) is 1. The van der Waals surface area contributed by atoms with E-state index in [1.165, 1.54) is 18.2 Å². The van der Waals surface area contributed by atoms with Gasteiger partial charge in [-0.05, 0) is 58.7 Å². The van der Waals surface area contributed by atoms with Crippen molar-refractivity contribution in [1.82, 2.24) is 0 Å². The zero-order valence-corrected chi connectivity index (χ0v) is 11.8. The van der Waals surface area contributed by atoms with Gasteiger partial charge in [-0.3, -0.25) is 4.79 Å². The van der Waals surface area contributed by atoms with Crippen LogP contribution in [0.2, 0.25) is 0 Å². The molecule has 0 radical (unpaired) electrons. The first-order chi connectivity index (χ1) is 8.99. The zero-order valence-electron chi connectivity index (χ0n) is 10.2. The fourth-order valence-corrected chi connectivity index (χ4v) is 2.03. The lowest BCUT2D eigenvalue weighted by molar-refractivity contribution is 0.102. The van der Waals surface area contributed by atoms with Crippen molar-refractivity contribution in [2.45, 2.75) is 6.92 Å². The maximum atomic E-state index is 13.2. The van der Waals surface area contributed by atoms with Crippen molar-refractivity contribution in [2.24, 2.45) is 0 Å². The highest BCUT2D eigenvalue weighted by Gasteiger charge is 2.12. The third kappa shape index (κ3) is 2.93. The smallest absolute Gasteiger partial charge is 0.256 e. The SMILES string of the molecule is Cc1c(N)cccc1C(=O)Nc1cc(F)ccc1Br. The van der Waals surface area contributed by atoms with E-state index in [1.807, 2.05) is 0 Å². The normalized spacial score (nSPS) is 10.3. The summed E-state index contributed by atoms with van der Waals surface area (Å²) in [5.74, 6) is -0.737. The summed E-state index contributed by atoms with van der Waals surface area (Å²) < 4.78 is 13.8. The van der Waals surface area contributed by atoms with Gasteiger partial charge in [0.25, 0.3) is 5.91 Å². The van der Waals surface area contributed by atoms with Crippen molar-refractivity contribution in [2.75, 3.05) is 11.1 Å². The van der Waals surface area contributed by atoms with Gasteiger partial charge in [0.1, 0.15) is 5.82 Å². The number of hydrogen-bond donors (Lipinski definition) is 2. The molecule has 2 aromatic rings. The van der Waals surface area contributed by atoms with E-state index in [1.54, 1.807) is 25.1 Å². The Morgan fingerprint density at radius 3 is 2.79 bits per heavy atom. The number of benzene rings is 2. The van der Waals surface area contributed by atoms with Crippen molar-refractivity contribution in [3.63, 3.8) is 0 Å². The number of anilines is 2. The third-order valence-electron chi connectivity index (χ3n) is 2.80. The van der Waals surface area contributed by atoms with Gasteiger partial charge in [0.05, 0.1) is 5.69 Å². The van der Waals surface area contributed by atoms with E-state index >= 15 is 0 Å². The van der Waals surface area contributed by atoms with Crippen molar-refractivity contribution in [3.8, 4) is 0 Å². The van der Waals surface area contributed by atoms with Gasteiger partial charge in [-0.1, -0.05) is 6.07 Å². The first-order valence-electron chi connectivity index (χ1n) is 5.60. The molecule has 5 heteroatoms. The molecule has 0 unspecified atom stereocenters. The summed E-state index contributed by atoms with van der Waals surface area (Å²) in [5, 5.41) is 2.65. The number of amides is 1. The predicted octanol–water partition coefficient (Wildman–Crippen LogP) is 3.73. The Morgan fingerprint density at radius 2 is 2.05 bits per heavy atom. The second kappa shape index (κ2) is 5.40. The minimum absolute atomic E-state index is 0.323. The Hall–Kier alpha value is -1.88. The molecule has 1 amide bonds. The zero-order chi connectivity index (χ0) is 14.0. The van der Waals surface area contributed by atoms with Gasteiger partial charge in [-0.25, -0.2) is 4.39 Å². The molecule has 0 fully saturated rings. The molecule has 3 N–H and O–H groups in total. The molecule has 3 nitrogen and oxygen atoms in total. The highest BCUT2D eigenvalue weighted by molar-refractivity contribution is 9.10. The van der Waals surface area contributed by atoms with Crippen LogP contribution in [0.1, 0.15) is 15.9 Å². The average molecular weight is 323 g/mol. The molecule has 0 aromatic heterocycles. The van der Waals surface area contributed by atoms with Crippen molar-refractivity contribution in [3.05, 3.63) is 57.8 Å². The van der Waals surface area contributed by atoms with Crippen LogP contribution in [0.15, 0.2) is 40.9 Å². The number of hydrogen-bond acceptors (Lipinski definition) is 2. The van der Waals surface area contributed by atoms with Crippen LogP contribution in [-0.2, 0) is 0 Å². The van der Waals surface area contributed by atoms with Crippen LogP contribution >= 0.6 is 15.9 Å². The summed E-state index contributed by atoms with van der Waals surface area (Å²) in [4.78, 5) is 12.1. The van der Waals surface area contributed by atoms with E-state index in [4.69, 9.17) is 5.73 Å². The number of halogens is 2. The topological polar surface area (TPSA) is 55.1 Å². The summed E-state index contributed by atoms with van der Waals surface area (Å²) in [6, 6.07) is 9.21. The predicted molar refractivity (Wildman–Crippen MR) is 77.6 cm³/mol. The number of nitrogen functional groups attached to an aromatic ring is 1. The van der Waals surface area contributed by atoms with Crippen molar-refractivity contribution < 1.29 is 9.18 Å². The van der Waals surface area contributed by atoms with Crippen LogP contribution < -0.4 is 11.1 Å². The first-order valence-corrected chi connectivity index (χ1v) is 6.40. The second-order valence-corrected chi connectivity index (χ2v) is 4.95. The molecular weight excluding hydrogens is 311 g/mol. The van der Waals surface area contributed by atoms with Crippen molar-refractivity contribution >= 4 is 33.2 Å². The Morgan fingerprint density at radius 1 is 1.32 bits per heavy atom. The molecule has 0 saturated heterocycles. The lowest BCUT2D eigenvalue weighted by Gasteiger charge is -2.10. The van der Waals surface area contributed by atoms with Crippen molar-refractivity contribution in [1.29, 1.82) is 0 Å². The molecule has 0 spiro atoms. The summed E-state index contributed by atoms with van der Waals surface area (Å²) in [5.41, 5.74) is 7.86. The molecule has 19 heavy (non-hydrogen) atoms. The maximum absolute atomic E-state index is 13.2. The van der Waals surface area contributed by atoms with Crippen LogP contribution in [-0.4, -0.2) is 5.91 Å². The lowest BCUT2D eigenvalue weighted by atomic mass is 10.1. The van der Waals surface area contributed by atoms with Crippen LogP contribution in [0, 0.1) is 12.7 Å². The number of rotatable bonds is 2. The summed E-state index contributed by atoms with van der Waals surface area (Å²) >= 11 is 3.26. The van der Waals surface area contributed by atoms with Gasteiger partial charge in [-0.15, -0.1) is 0 Å². The van der Waals surface area contributed by atoms with Gasteiger partial charge in [0.2, 0.25) is 0 Å². The minimum Gasteiger partial charge on any atom is -0.398 e. The standard InChI is InChI=1S/C14H12BrFN2O/c1-8-10(3-2-4-12(8)17)14(19)18-13-7-9(16)5-6-11(13)15/h2-7H,17H2,1H3,(H,18,19). The van der Waals surface area contributed by atoms with Crippen LogP contribution in [0.4, 0.5) is 15.8 Å². The number of carbonyl (C=O) groups is 1. The average Bonchev–Trinajstić information content (AvgIpc) is 2.37. The van der Waals surface area contributed by atoms with Gasteiger partial charge in [0, 0.05) is 15.7 Å². The summed E-state index contributed by atoms with van der Waals surface area (Å²) in [6.07, 6.45) is 0. The molecule has 0 bridgehead atoms. The number of carbonyl (C=O) groups excluding carboxylic acids is 1. The Kier molecular flexibility index (Phi) is 3.85. The molecule has 0 heterocycles. The second-order valence-electron chi connectivity index (χ2n) is 4.10. The monoisotopic (exact) mass is 322 g/mol. The molecule has 2 rings (SSSR count). The van der Waals surface area contributed by atoms with Gasteiger partial charge >= 0.3 is 0 Å². The fourth-order valence-electron chi connectivity index (χ4n) is 1.68. The summed E-state index contributed by atoms with van der Waals surface area (Å²) in [6.45, 7) is 1.77. The molecule has 98 valence electrons. The quantitative estimate of drug-likeness (QED) is 0.828. The molecule has 0 saturated carbocycles. The van der Waals surface area contributed by atoms with Crippen LogP contribution in [0.25, 0.3) is 0 Å². The fraction of sp³-hybridized carbons (Fsp3) is 0.0714. The van der Waals surface area contributed by atoms with E-state index in [9.17, 15) is 9.18 Å². The Bertz CT molecular complexity index is 643. The van der Waals surface area contributed by atoms with Crippen LogP contribution in [0.5, 0.6) is 0 Å². The first kappa shape index (κ1) is 13.5. The molecule has 0 aliphatic carbocycles. The van der Waals surface area contributed by atoms with Gasteiger partial charge in [0.15, 0.2) is 0 Å². The molecular formula is C14H12BrFN2O.